The third-order valence-electron chi connectivity index (χ3n) is 5.82. The van der Waals surface area contributed by atoms with Gasteiger partial charge in [0, 0.05) is 11.1 Å². The van der Waals surface area contributed by atoms with E-state index in [1.165, 1.54) is 12.1 Å². The second-order valence-electron chi connectivity index (χ2n) is 7.98. The van der Waals surface area contributed by atoms with Gasteiger partial charge in [-0.15, -0.1) is 0 Å². The first-order valence-corrected chi connectivity index (χ1v) is 10.3. The summed E-state index contributed by atoms with van der Waals surface area (Å²) < 4.78 is 99.1. The number of rotatable bonds is 6. The largest absolute Gasteiger partial charge is 0.481 e. The highest BCUT2D eigenvalue weighted by atomic mass is 19.4. The molecule has 8 heteroatoms. The van der Waals surface area contributed by atoms with Crippen LogP contribution in [0.1, 0.15) is 56.9 Å². The van der Waals surface area contributed by atoms with E-state index in [0.717, 1.165) is 50.7 Å². The lowest BCUT2D eigenvalue weighted by Gasteiger charge is -2.29. The summed E-state index contributed by atoms with van der Waals surface area (Å²) in [6.07, 6.45) is 0.776. The van der Waals surface area contributed by atoms with Crippen molar-refractivity contribution in [2.24, 2.45) is 5.92 Å². The quantitative estimate of drug-likeness (QED) is 0.408. The molecule has 0 atom stereocenters. The molecule has 2 aromatic carbocycles. The summed E-state index contributed by atoms with van der Waals surface area (Å²) in [6.45, 7) is 0.303. The smallest absolute Gasteiger partial charge is 0.422 e. The minimum atomic E-state index is -4.73. The molecular formula is C23H23F7O. The van der Waals surface area contributed by atoms with E-state index < -0.39 is 52.9 Å². The van der Waals surface area contributed by atoms with Gasteiger partial charge in [0.15, 0.2) is 29.8 Å². The molecule has 31 heavy (non-hydrogen) atoms. The van der Waals surface area contributed by atoms with E-state index in [4.69, 9.17) is 0 Å². The highest BCUT2D eigenvalue weighted by molar-refractivity contribution is 5.66. The van der Waals surface area contributed by atoms with Gasteiger partial charge in [0.05, 0.1) is 0 Å². The van der Waals surface area contributed by atoms with E-state index in [2.05, 4.69) is 11.7 Å². The number of hydrogen-bond acceptors (Lipinski definition) is 1. The molecule has 1 saturated carbocycles. The fourth-order valence-electron chi connectivity index (χ4n) is 4.27. The SMILES string of the molecule is CCCC1CCC(c2ccc(-c3ccc(OCC(F)(F)F)c(F)c3F)c(F)c2F)CC1. The molecule has 0 bridgehead atoms. The third kappa shape index (κ3) is 5.33. The maximum absolute atomic E-state index is 14.8. The molecule has 0 N–H and O–H groups in total. The standard InChI is InChI=1S/C23H23F7O/c1-2-3-13-4-6-14(7-5-13)15-8-9-16(20(25)19(15)24)17-10-11-18(22(27)21(17)26)31-12-23(28,29)30/h8-11,13-14H,2-7,12H2,1H3. The molecule has 0 amide bonds. The Hall–Kier alpha value is -2.25. The first kappa shape index (κ1) is 23.4. The van der Waals surface area contributed by atoms with Gasteiger partial charge in [-0.25, -0.2) is 13.2 Å². The maximum atomic E-state index is 14.8. The van der Waals surface area contributed by atoms with Crippen LogP contribution >= 0.6 is 0 Å². The van der Waals surface area contributed by atoms with E-state index >= 15 is 0 Å². The second kappa shape index (κ2) is 9.49. The van der Waals surface area contributed by atoms with Gasteiger partial charge in [-0.05, 0) is 55.2 Å². The molecule has 1 nitrogen and oxygen atoms in total. The minimum Gasteiger partial charge on any atom is -0.481 e. The van der Waals surface area contributed by atoms with Crippen molar-refractivity contribution in [3.63, 3.8) is 0 Å². The molecule has 0 spiro atoms. The van der Waals surface area contributed by atoms with E-state index in [1.807, 2.05) is 0 Å². The summed E-state index contributed by atoms with van der Waals surface area (Å²) in [7, 11) is 0. The Labute approximate surface area is 176 Å². The zero-order valence-electron chi connectivity index (χ0n) is 17.0. The highest BCUT2D eigenvalue weighted by Gasteiger charge is 2.30. The van der Waals surface area contributed by atoms with Crippen LogP contribution in [0.5, 0.6) is 5.75 Å². The van der Waals surface area contributed by atoms with Crippen LogP contribution in [0.15, 0.2) is 24.3 Å². The van der Waals surface area contributed by atoms with Gasteiger partial charge in [-0.1, -0.05) is 31.9 Å². The number of ether oxygens (including phenoxy) is 1. The number of alkyl halides is 3. The van der Waals surface area contributed by atoms with Gasteiger partial charge >= 0.3 is 6.18 Å². The average molecular weight is 448 g/mol. The normalized spacial score (nSPS) is 19.5. The van der Waals surface area contributed by atoms with Crippen molar-refractivity contribution in [3.05, 3.63) is 53.1 Å². The molecule has 1 aliphatic carbocycles. The van der Waals surface area contributed by atoms with Gasteiger partial charge in [0.1, 0.15) is 0 Å². The molecule has 0 radical (unpaired) electrons. The molecule has 0 aliphatic heterocycles. The molecule has 170 valence electrons. The number of halogens is 7. The Balaban J connectivity index is 1.84. The van der Waals surface area contributed by atoms with E-state index in [0.29, 0.717) is 5.92 Å². The van der Waals surface area contributed by atoms with E-state index in [-0.39, 0.29) is 11.5 Å². The summed E-state index contributed by atoms with van der Waals surface area (Å²) in [5.74, 6) is -6.23. The molecule has 0 saturated heterocycles. The van der Waals surface area contributed by atoms with Crippen molar-refractivity contribution >= 4 is 0 Å². The summed E-state index contributed by atoms with van der Waals surface area (Å²) in [6, 6.07) is 4.20. The minimum absolute atomic E-state index is 0.142. The number of benzene rings is 2. The van der Waals surface area contributed by atoms with Crippen LogP contribution in [0.3, 0.4) is 0 Å². The first-order valence-electron chi connectivity index (χ1n) is 10.3. The van der Waals surface area contributed by atoms with Gasteiger partial charge < -0.3 is 4.74 Å². The topological polar surface area (TPSA) is 9.23 Å². The van der Waals surface area contributed by atoms with Crippen molar-refractivity contribution in [1.29, 1.82) is 0 Å². The van der Waals surface area contributed by atoms with Crippen molar-refractivity contribution < 1.29 is 35.5 Å². The van der Waals surface area contributed by atoms with Crippen molar-refractivity contribution in [1.82, 2.24) is 0 Å². The summed E-state index contributed by atoms with van der Waals surface area (Å²) >= 11 is 0. The number of hydrogen-bond donors (Lipinski definition) is 0. The molecule has 1 aliphatic rings. The molecule has 0 unspecified atom stereocenters. The summed E-state index contributed by atoms with van der Waals surface area (Å²) in [5, 5.41) is 0. The molecule has 1 fully saturated rings. The maximum Gasteiger partial charge on any atom is 0.422 e. The molecule has 0 heterocycles. The van der Waals surface area contributed by atoms with Crippen molar-refractivity contribution in [3.8, 4) is 16.9 Å². The summed E-state index contributed by atoms with van der Waals surface area (Å²) in [5.41, 5.74) is -0.881. The van der Waals surface area contributed by atoms with Crippen LogP contribution in [-0.2, 0) is 0 Å². The van der Waals surface area contributed by atoms with Crippen LogP contribution < -0.4 is 4.74 Å². The van der Waals surface area contributed by atoms with Crippen molar-refractivity contribution in [2.75, 3.05) is 6.61 Å². The monoisotopic (exact) mass is 448 g/mol. The Bertz CT molecular complexity index is 915. The Kier molecular flexibility index (Phi) is 7.17. The predicted octanol–water partition coefficient (Wildman–Crippen LogP) is 7.93. The van der Waals surface area contributed by atoms with Gasteiger partial charge in [-0.2, -0.15) is 17.6 Å². The molecule has 0 aromatic heterocycles. The Morgan fingerprint density at radius 2 is 1.39 bits per heavy atom. The lowest BCUT2D eigenvalue weighted by atomic mass is 9.77. The van der Waals surface area contributed by atoms with Crippen LogP contribution in [-0.4, -0.2) is 12.8 Å². The average Bonchev–Trinajstić information content (AvgIpc) is 2.72. The predicted molar refractivity (Wildman–Crippen MR) is 103 cm³/mol. The molecule has 2 aromatic rings. The van der Waals surface area contributed by atoms with Crippen LogP contribution in [0.4, 0.5) is 30.7 Å². The zero-order valence-corrected chi connectivity index (χ0v) is 17.0. The lowest BCUT2D eigenvalue weighted by Crippen LogP contribution is -2.19. The first-order chi connectivity index (χ1) is 14.6. The molecular weight excluding hydrogens is 425 g/mol. The molecule has 3 rings (SSSR count). The van der Waals surface area contributed by atoms with E-state index in [9.17, 15) is 30.7 Å². The lowest BCUT2D eigenvalue weighted by molar-refractivity contribution is -0.153. The van der Waals surface area contributed by atoms with Crippen LogP contribution in [0.25, 0.3) is 11.1 Å². The second-order valence-corrected chi connectivity index (χ2v) is 7.98. The summed E-state index contributed by atoms with van der Waals surface area (Å²) in [4.78, 5) is 0. The fourth-order valence-corrected chi connectivity index (χ4v) is 4.27. The van der Waals surface area contributed by atoms with Crippen molar-refractivity contribution in [2.45, 2.75) is 57.5 Å². The van der Waals surface area contributed by atoms with Crippen LogP contribution in [0.2, 0.25) is 0 Å². The van der Waals surface area contributed by atoms with Gasteiger partial charge in [0.2, 0.25) is 5.82 Å². The van der Waals surface area contributed by atoms with E-state index in [1.54, 1.807) is 0 Å². The Morgan fingerprint density at radius 3 is 1.97 bits per heavy atom. The van der Waals surface area contributed by atoms with Gasteiger partial charge in [0.25, 0.3) is 0 Å². The van der Waals surface area contributed by atoms with Gasteiger partial charge in [-0.3, -0.25) is 0 Å². The van der Waals surface area contributed by atoms with Crippen LogP contribution in [0, 0.1) is 29.2 Å². The fraction of sp³-hybridized carbons (Fsp3) is 0.478. The zero-order chi connectivity index (χ0) is 22.8. The Morgan fingerprint density at radius 1 is 0.806 bits per heavy atom. The third-order valence-corrected chi connectivity index (χ3v) is 5.82. The highest BCUT2D eigenvalue weighted by Crippen LogP contribution is 2.41.